The van der Waals surface area contributed by atoms with E-state index in [0.29, 0.717) is 31.6 Å². The van der Waals surface area contributed by atoms with Crippen molar-refractivity contribution in [3.63, 3.8) is 0 Å². The predicted molar refractivity (Wildman–Crippen MR) is 167 cm³/mol. The smallest absolute Gasteiger partial charge is 0.255 e. The number of benzene rings is 2. The molecule has 4 aromatic rings. The molecule has 0 aliphatic carbocycles. The summed E-state index contributed by atoms with van der Waals surface area (Å²) in [5, 5.41) is 3.05. The van der Waals surface area contributed by atoms with Crippen LogP contribution in [0.15, 0.2) is 91.4 Å². The molecule has 0 atom stereocenters. The number of piperazine rings is 1. The van der Waals surface area contributed by atoms with Gasteiger partial charge in [-0.3, -0.25) is 14.6 Å². The molecule has 1 fully saturated rings. The van der Waals surface area contributed by atoms with Crippen molar-refractivity contribution in [1.82, 2.24) is 14.9 Å². The van der Waals surface area contributed by atoms with Gasteiger partial charge in [0.25, 0.3) is 5.91 Å². The molecule has 3 N–H and O–H groups in total. The number of nitrogens with one attached hydrogen (secondary N) is 1. The Morgan fingerprint density at radius 3 is 2.43 bits per heavy atom. The second kappa shape index (κ2) is 13.7. The number of nitrogens with zero attached hydrogens (tertiary/aromatic N) is 5. The number of nitrogens with two attached hydrogens (primary N) is 1. The van der Waals surface area contributed by atoms with E-state index in [9.17, 15) is 9.59 Å². The van der Waals surface area contributed by atoms with E-state index in [2.05, 4.69) is 49.4 Å². The minimum absolute atomic E-state index is 0.0672. The van der Waals surface area contributed by atoms with Crippen molar-refractivity contribution in [2.75, 3.05) is 54.4 Å². The number of anilines is 3. The third-order valence-electron chi connectivity index (χ3n) is 7.36. The van der Waals surface area contributed by atoms with Crippen molar-refractivity contribution in [2.45, 2.75) is 19.9 Å². The molecule has 0 saturated carbocycles. The normalized spacial score (nSPS) is 13.1. The highest BCUT2D eigenvalue weighted by Crippen LogP contribution is 2.33. The standard InChI is InChI=1S/C33H37N7O2/c1-25(41)37-30-22-28(11-12-31(30)38-17-19-39(20-18-38)32-10-2-3-15-36-32)27-8-4-7-26(21-27)24-40(16-6-13-34)33(42)29-9-5-14-35-23-29/h2-5,7-12,14-15,21-23H,6,13,16-20,24,34H2,1H3,(H,37,41). The summed E-state index contributed by atoms with van der Waals surface area (Å²) < 4.78 is 0. The first-order valence-electron chi connectivity index (χ1n) is 14.3. The van der Waals surface area contributed by atoms with Crippen molar-refractivity contribution in [1.29, 1.82) is 0 Å². The third kappa shape index (κ3) is 7.11. The molecule has 3 heterocycles. The Balaban J connectivity index is 1.35. The fraction of sp³-hybridized carbons (Fsp3) is 0.273. The summed E-state index contributed by atoms with van der Waals surface area (Å²) in [4.78, 5) is 40.4. The lowest BCUT2D eigenvalue weighted by Crippen LogP contribution is -2.47. The van der Waals surface area contributed by atoms with E-state index in [4.69, 9.17) is 5.73 Å². The van der Waals surface area contributed by atoms with Crippen LogP contribution in [0.25, 0.3) is 11.1 Å². The van der Waals surface area contributed by atoms with Gasteiger partial charge in [-0.15, -0.1) is 0 Å². The number of aromatic nitrogens is 2. The van der Waals surface area contributed by atoms with Crippen LogP contribution in [-0.4, -0.2) is 66.0 Å². The van der Waals surface area contributed by atoms with Gasteiger partial charge in [0.15, 0.2) is 0 Å². The summed E-state index contributed by atoms with van der Waals surface area (Å²) >= 11 is 0. The van der Waals surface area contributed by atoms with Crippen molar-refractivity contribution < 1.29 is 9.59 Å². The van der Waals surface area contributed by atoms with Crippen LogP contribution in [0.4, 0.5) is 17.2 Å². The largest absolute Gasteiger partial charge is 0.366 e. The second-order valence-electron chi connectivity index (χ2n) is 10.4. The van der Waals surface area contributed by atoms with Gasteiger partial charge in [0.1, 0.15) is 5.82 Å². The first kappa shape index (κ1) is 28.8. The highest BCUT2D eigenvalue weighted by atomic mass is 16.2. The molecular formula is C33H37N7O2. The molecule has 1 aliphatic rings. The van der Waals surface area contributed by atoms with Crippen LogP contribution < -0.4 is 20.9 Å². The first-order chi connectivity index (χ1) is 20.5. The summed E-state index contributed by atoms with van der Waals surface area (Å²) in [7, 11) is 0. The maximum atomic E-state index is 13.2. The van der Waals surface area contributed by atoms with Gasteiger partial charge in [-0.25, -0.2) is 4.98 Å². The molecule has 0 bridgehead atoms. The zero-order valence-electron chi connectivity index (χ0n) is 23.9. The van der Waals surface area contributed by atoms with Crippen molar-refractivity contribution in [3.05, 3.63) is 103 Å². The second-order valence-corrected chi connectivity index (χ2v) is 10.4. The highest BCUT2D eigenvalue weighted by molar-refractivity contribution is 5.95. The molecule has 9 nitrogen and oxygen atoms in total. The van der Waals surface area contributed by atoms with Crippen LogP contribution in [0.2, 0.25) is 0 Å². The molecule has 2 aromatic carbocycles. The number of hydrogen-bond acceptors (Lipinski definition) is 7. The van der Waals surface area contributed by atoms with Crippen LogP contribution in [0.3, 0.4) is 0 Å². The maximum absolute atomic E-state index is 13.2. The Morgan fingerprint density at radius 1 is 0.905 bits per heavy atom. The van der Waals surface area contributed by atoms with Gasteiger partial charge in [-0.1, -0.05) is 30.3 Å². The van der Waals surface area contributed by atoms with Crippen molar-refractivity contribution in [3.8, 4) is 11.1 Å². The molecule has 5 rings (SSSR count). The van der Waals surface area contributed by atoms with Gasteiger partial charge < -0.3 is 25.8 Å². The molecule has 2 aromatic heterocycles. The molecule has 0 spiro atoms. The van der Waals surface area contributed by atoms with Crippen LogP contribution in [-0.2, 0) is 11.3 Å². The van der Waals surface area contributed by atoms with Gasteiger partial charge >= 0.3 is 0 Å². The fourth-order valence-corrected chi connectivity index (χ4v) is 5.27. The van der Waals surface area contributed by atoms with E-state index in [0.717, 1.165) is 60.1 Å². The Morgan fingerprint density at radius 2 is 1.71 bits per heavy atom. The number of carbonyl (C=O) groups excluding carboxylic acids is 2. The van der Waals surface area contributed by atoms with Crippen LogP contribution >= 0.6 is 0 Å². The minimum Gasteiger partial charge on any atom is -0.366 e. The zero-order chi connectivity index (χ0) is 29.3. The first-order valence-corrected chi connectivity index (χ1v) is 14.3. The van der Waals surface area contributed by atoms with Gasteiger partial charge in [-0.05, 0) is 72.1 Å². The molecular weight excluding hydrogens is 526 g/mol. The van der Waals surface area contributed by atoms with E-state index in [1.54, 1.807) is 24.5 Å². The van der Waals surface area contributed by atoms with E-state index in [1.807, 2.05) is 47.5 Å². The Hall–Kier alpha value is -4.76. The molecule has 1 saturated heterocycles. The highest BCUT2D eigenvalue weighted by Gasteiger charge is 2.21. The number of carbonyl (C=O) groups is 2. The number of pyridine rings is 2. The van der Waals surface area contributed by atoms with E-state index < -0.39 is 0 Å². The molecule has 216 valence electrons. The lowest BCUT2D eigenvalue weighted by atomic mass is 10.0. The quantitative estimate of drug-likeness (QED) is 0.294. The zero-order valence-corrected chi connectivity index (χ0v) is 23.9. The van der Waals surface area contributed by atoms with Crippen LogP contribution in [0.1, 0.15) is 29.3 Å². The molecule has 2 amide bonds. The van der Waals surface area contributed by atoms with Crippen molar-refractivity contribution in [2.24, 2.45) is 5.73 Å². The average Bonchev–Trinajstić information content (AvgIpc) is 3.03. The summed E-state index contributed by atoms with van der Waals surface area (Å²) in [5.74, 6) is 0.805. The van der Waals surface area contributed by atoms with E-state index >= 15 is 0 Å². The maximum Gasteiger partial charge on any atom is 0.255 e. The average molecular weight is 564 g/mol. The van der Waals surface area contributed by atoms with Crippen LogP contribution in [0.5, 0.6) is 0 Å². The van der Waals surface area contributed by atoms with Gasteiger partial charge in [0.2, 0.25) is 5.91 Å². The lowest BCUT2D eigenvalue weighted by molar-refractivity contribution is -0.114. The monoisotopic (exact) mass is 563 g/mol. The Bertz CT molecular complexity index is 1490. The predicted octanol–water partition coefficient (Wildman–Crippen LogP) is 4.42. The molecule has 42 heavy (non-hydrogen) atoms. The van der Waals surface area contributed by atoms with E-state index in [1.165, 1.54) is 6.92 Å². The molecule has 9 heteroatoms. The Kier molecular flexibility index (Phi) is 9.41. The molecule has 0 unspecified atom stereocenters. The number of rotatable bonds is 10. The summed E-state index contributed by atoms with van der Waals surface area (Å²) in [6.45, 7) is 6.39. The van der Waals surface area contributed by atoms with E-state index in [-0.39, 0.29) is 11.8 Å². The summed E-state index contributed by atoms with van der Waals surface area (Å²) in [5.41, 5.74) is 11.1. The number of hydrogen-bond donors (Lipinski definition) is 2. The topological polar surface area (TPSA) is 108 Å². The van der Waals surface area contributed by atoms with Gasteiger partial charge in [0.05, 0.1) is 16.9 Å². The van der Waals surface area contributed by atoms with Gasteiger partial charge in [0, 0.05) is 64.8 Å². The minimum atomic E-state index is -0.112. The fourth-order valence-electron chi connectivity index (χ4n) is 5.27. The SMILES string of the molecule is CC(=O)Nc1cc(-c2cccc(CN(CCCN)C(=O)c3cccnc3)c2)ccc1N1CCN(c2ccccn2)CC1. The summed E-state index contributed by atoms with van der Waals surface area (Å²) in [6.07, 6.45) is 5.79. The summed E-state index contributed by atoms with van der Waals surface area (Å²) in [6, 6.07) is 23.9. The van der Waals surface area contributed by atoms with Crippen molar-refractivity contribution >= 4 is 29.0 Å². The third-order valence-corrected chi connectivity index (χ3v) is 7.36. The van der Waals surface area contributed by atoms with Gasteiger partial charge in [-0.2, -0.15) is 0 Å². The van der Waals surface area contributed by atoms with Crippen LogP contribution in [0, 0.1) is 0 Å². The molecule has 1 aliphatic heterocycles. The number of amides is 2. The lowest BCUT2D eigenvalue weighted by Gasteiger charge is -2.37. The Labute approximate surface area is 247 Å². The molecule has 0 radical (unpaired) electrons.